The average Bonchev–Trinajstić information content (AvgIpc) is 2.39. The first-order chi connectivity index (χ1) is 9.70. The largest absolute Gasteiger partial charge is 0.398 e. The molecule has 7 heteroatoms. The summed E-state index contributed by atoms with van der Waals surface area (Å²) in [5.41, 5.74) is 7.06. The van der Waals surface area contributed by atoms with Crippen LogP contribution in [0.3, 0.4) is 0 Å². The minimum atomic E-state index is -4.05. The summed E-state index contributed by atoms with van der Waals surface area (Å²) >= 11 is 0. The van der Waals surface area contributed by atoms with E-state index in [4.69, 9.17) is 5.73 Å². The number of nitrogen functional groups attached to an aromatic ring is 1. The van der Waals surface area contributed by atoms with E-state index in [-0.39, 0.29) is 4.90 Å². The number of rotatable bonds is 3. The van der Waals surface area contributed by atoms with Crippen LogP contribution in [-0.4, -0.2) is 8.42 Å². The minimum Gasteiger partial charge on any atom is -0.398 e. The summed E-state index contributed by atoms with van der Waals surface area (Å²) in [6.45, 7) is 3.48. The second-order valence-corrected chi connectivity index (χ2v) is 6.37. The van der Waals surface area contributed by atoms with E-state index >= 15 is 0 Å². The zero-order valence-electron chi connectivity index (χ0n) is 11.4. The molecule has 0 fully saturated rings. The number of nitrogens with one attached hydrogen (secondary N) is 1. The van der Waals surface area contributed by atoms with Crippen molar-refractivity contribution in [1.82, 2.24) is 0 Å². The molecule has 0 unspecified atom stereocenters. The molecule has 0 heterocycles. The van der Waals surface area contributed by atoms with Gasteiger partial charge in [0.05, 0.1) is 10.6 Å². The van der Waals surface area contributed by atoms with Crippen molar-refractivity contribution in [2.45, 2.75) is 18.7 Å². The van der Waals surface area contributed by atoms with Crippen molar-refractivity contribution in [2.75, 3.05) is 10.5 Å². The molecule has 0 atom stereocenters. The monoisotopic (exact) mass is 312 g/mol. The molecule has 0 saturated carbocycles. The SMILES string of the molecule is Cc1cc(S(=O)(=O)Nc2cc(F)ccc2F)cc(N)c1C. The number of hydrogen-bond acceptors (Lipinski definition) is 3. The van der Waals surface area contributed by atoms with Crippen LogP contribution in [0.25, 0.3) is 0 Å². The van der Waals surface area contributed by atoms with Gasteiger partial charge in [-0.25, -0.2) is 17.2 Å². The van der Waals surface area contributed by atoms with Gasteiger partial charge in [0.25, 0.3) is 10.0 Å². The molecule has 4 nitrogen and oxygen atoms in total. The third kappa shape index (κ3) is 3.13. The van der Waals surface area contributed by atoms with Crippen LogP contribution < -0.4 is 10.5 Å². The standard InChI is InChI=1S/C14H14F2N2O2S/c1-8-5-11(7-13(17)9(8)2)21(19,20)18-14-6-10(15)3-4-12(14)16/h3-7,18H,17H2,1-2H3. The lowest BCUT2D eigenvalue weighted by Crippen LogP contribution is -2.15. The van der Waals surface area contributed by atoms with E-state index in [1.807, 2.05) is 4.72 Å². The normalized spacial score (nSPS) is 11.4. The lowest BCUT2D eigenvalue weighted by atomic mass is 10.1. The summed E-state index contributed by atoms with van der Waals surface area (Å²) in [7, 11) is -4.05. The first-order valence-corrected chi connectivity index (χ1v) is 7.53. The van der Waals surface area contributed by atoms with Gasteiger partial charge in [0.2, 0.25) is 0 Å². The molecule has 0 aliphatic carbocycles. The van der Waals surface area contributed by atoms with Crippen molar-refractivity contribution in [1.29, 1.82) is 0 Å². The molecule has 2 aromatic rings. The first kappa shape index (κ1) is 15.2. The average molecular weight is 312 g/mol. The Hall–Kier alpha value is -2.15. The molecule has 2 rings (SSSR count). The minimum absolute atomic E-state index is 0.105. The van der Waals surface area contributed by atoms with Crippen molar-refractivity contribution in [3.63, 3.8) is 0 Å². The smallest absolute Gasteiger partial charge is 0.262 e. The maximum absolute atomic E-state index is 13.5. The molecule has 21 heavy (non-hydrogen) atoms. The summed E-state index contributed by atoms with van der Waals surface area (Å²) in [6.07, 6.45) is 0. The molecule has 0 aliphatic rings. The van der Waals surface area contributed by atoms with Gasteiger partial charge in [-0.05, 0) is 49.2 Å². The topological polar surface area (TPSA) is 72.2 Å². The van der Waals surface area contributed by atoms with Crippen LogP contribution in [0.15, 0.2) is 35.2 Å². The fourth-order valence-corrected chi connectivity index (χ4v) is 2.96. The number of halogens is 2. The molecule has 0 amide bonds. The van der Waals surface area contributed by atoms with Crippen LogP contribution in [0, 0.1) is 25.5 Å². The molecule has 2 aromatic carbocycles. The number of anilines is 2. The maximum atomic E-state index is 13.5. The molecule has 112 valence electrons. The van der Waals surface area contributed by atoms with Crippen molar-refractivity contribution >= 4 is 21.4 Å². The van der Waals surface area contributed by atoms with Gasteiger partial charge < -0.3 is 5.73 Å². The Bertz CT molecular complexity index is 782. The van der Waals surface area contributed by atoms with Crippen LogP contribution in [-0.2, 0) is 10.0 Å². The van der Waals surface area contributed by atoms with Gasteiger partial charge in [0.1, 0.15) is 11.6 Å². The van der Waals surface area contributed by atoms with Crippen LogP contribution in [0.5, 0.6) is 0 Å². The van der Waals surface area contributed by atoms with Crippen molar-refractivity contribution in [3.8, 4) is 0 Å². The van der Waals surface area contributed by atoms with E-state index in [1.165, 1.54) is 12.1 Å². The van der Waals surface area contributed by atoms with Crippen molar-refractivity contribution in [3.05, 3.63) is 53.1 Å². The zero-order chi connectivity index (χ0) is 15.8. The summed E-state index contributed by atoms with van der Waals surface area (Å²) < 4.78 is 53.1. The van der Waals surface area contributed by atoms with Crippen LogP contribution in [0.1, 0.15) is 11.1 Å². The predicted molar refractivity (Wildman–Crippen MR) is 77.5 cm³/mol. The van der Waals surface area contributed by atoms with E-state index in [9.17, 15) is 17.2 Å². The Morgan fingerprint density at radius 2 is 1.76 bits per heavy atom. The molecule has 3 N–H and O–H groups in total. The Morgan fingerprint density at radius 1 is 1.10 bits per heavy atom. The van der Waals surface area contributed by atoms with Crippen molar-refractivity contribution < 1.29 is 17.2 Å². The van der Waals surface area contributed by atoms with E-state index < -0.39 is 27.3 Å². The molecular formula is C14H14F2N2O2S. The number of aryl methyl sites for hydroxylation is 1. The Kier molecular flexibility index (Phi) is 3.87. The summed E-state index contributed by atoms with van der Waals surface area (Å²) in [5.74, 6) is -1.61. The summed E-state index contributed by atoms with van der Waals surface area (Å²) in [6, 6.07) is 5.23. The number of sulfonamides is 1. The van der Waals surface area contributed by atoms with E-state index in [2.05, 4.69) is 0 Å². The molecule has 0 radical (unpaired) electrons. The van der Waals surface area contributed by atoms with Gasteiger partial charge in [-0.3, -0.25) is 4.72 Å². The van der Waals surface area contributed by atoms with Crippen LogP contribution in [0.4, 0.5) is 20.2 Å². The van der Waals surface area contributed by atoms with E-state index in [0.717, 1.165) is 23.8 Å². The molecule has 0 aliphatic heterocycles. The van der Waals surface area contributed by atoms with Gasteiger partial charge in [0.15, 0.2) is 0 Å². The zero-order valence-corrected chi connectivity index (χ0v) is 12.3. The van der Waals surface area contributed by atoms with Crippen LogP contribution >= 0.6 is 0 Å². The summed E-state index contributed by atoms with van der Waals surface area (Å²) in [4.78, 5) is -0.105. The number of hydrogen-bond donors (Lipinski definition) is 2. The van der Waals surface area contributed by atoms with Gasteiger partial charge in [-0.15, -0.1) is 0 Å². The predicted octanol–water partition coefficient (Wildman–Crippen LogP) is 2.96. The van der Waals surface area contributed by atoms with Crippen LogP contribution in [0.2, 0.25) is 0 Å². The molecule has 0 aromatic heterocycles. The third-order valence-corrected chi connectivity index (χ3v) is 4.51. The fourth-order valence-electron chi connectivity index (χ4n) is 1.79. The second kappa shape index (κ2) is 5.33. The molecule has 0 saturated heterocycles. The highest BCUT2D eigenvalue weighted by molar-refractivity contribution is 7.92. The molecule has 0 bridgehead atoms. The quantitative estimate of drug-likeness (QED) is 0.856. The van der Waals surface area contributed by atoms with Gasteiger partial charge >= 0.3 is 0 Å². The Labute approximate surface area is 121 Å². The molecular weight excluding hydrogens is 298 g/mol. The highest BCUT2D eigenvalue weighted by Gasteiger charge is 2.18. The lowest BCUT2D eigenvalue weighted by molar-refractivity contribution is 0.594. The van der Waals surface area contributed by atoms with Gasteiger partial charge in [-0.1, -0.05) is 0 Å². The lowest BCUT2D eigenvalue weighted by Gasteiger charge is -2.12. The molecule has 0 spiro atoms. The Balaban J connectivity index is 2.46. The number of benzene rings is 2. The fraction of sp³-hybridized carbons (Fsp3) is 0.143. The van der Waals surface area contributed by atoms with Gasteiger partial charge in [0, 0.05) is 11.8 Å². The second-order valence-electron chi connectivity index (χ2n) is 4.68. The van der Waals surface area contributed by atoms with Gasteiger partial charge in [-0.2, -0.15) is 0 Å². The van der Waals surface area contributed by atoms with E-state index in [1.54, 1.807) is 13.8 Å². The maximum Gasteiger partial charge on any atom is 0.262 e. The van der Waals surface area contributed by atoms with Crippen molar-refractivity contribution in [2.24, 2.45) is 0 Å². The van der Waals surface area contributed by atoms with E-state index in [0.29, 0.717) is 11.3 Å². The summed E-state index contributed by atoms with van der Waals surface area (Å²) in [5, 5.41) is 0. The highest BCUT2D eigenvalue weighted by Crippen LogP contribution is 2.24. The Morgan fingerprint density at radius 3 is 2.38 bits per heavy atom. The number of nitrogens with two attached hydrogens (primary N) is 1. The highest BCUT2D eigenvalue weighted by atomic mass is 32.2. The first-order valence-electron chi connectivity index (χ1n) is 6.05. The third-order valence-electron chi connectivity index (χ3n) is 3.16.